The highest BCUT2D eigenvalue weighted by atomic mass is 79.9. The van der Waals surface area contributed by atoms with Gasteiger partial charge in [0.25, 0.3) is 10.0 Å². The SMILES string of the molecule is Nc1cccc(Cl)c1S(=O)(=O)Nc1ccc(Br)cc1Cl. The fourth-order valence-electron chi connectivity index (χ4n) is 1.58. The van der Waals surface area contributed by atoms with E-state index in [9.17, 15) is 8.42 Å². The van der Waals surface area contributed by atoms with E-state index in [0.29, 0.717) is 0 Å². The lowest BCUT2D eigenvalue weighted by Gasteiger charge is -2.12. The van der Waals surface area contributed by atoms with Gasteiger partial charge < -0.3 is 5.73 Å². The standard InChI is InChI=1S/C12H9BrCl2N2O2S/c13-7-4-5-11(9(15)6-7)17-20(18,19)12-8(14)2-1-3-10(12)16/h1-6,17H,16H2. The monoisotopic (exact) mass is 394 g/mol. The van der Waals surface area contributed by atoms with Crippen LogP contribution in [0.25, 0.3) is 0 Å². The first-order chi connectivity index (χ1) is 9.31. The Labute approximate surface area is 135 Å². The number of nitrogens with one attached hydrogen (secondary N) is 1. The summed E-state index contributed by atoms with van der Waals surface area (Å²) in [5.41, 5.74) is 5.99. The van der Waals surface area contributed by atoms with Gasteiger partial charge in [0.1, 0.15) is 4.90 Å². The van der Waals surface area contributed by atoms with E-state index in [1.807, 2.05) is 0 Å². The molecule has 0 bridgehead atoms. The minimum atomic E-state index is -3.92. The van der Waals surface area contributed by atoms with Crippen LogP contribution >= 0.6 is 39.1 Å². The molecule has 0 unspecified atom stereocenters. The van der Waals surface area contributed by atoms with Gasteiger partial charge in [-0.15, -0.1) is 0 Å². The summed E-state index contributed by atoms with van der Waals surface area (Å²) in [6.45, 7) is 0. The molecule has 2 aromatic rings. The molecule has 0 heterocycles. The second-order valence-electron chi connectivity index (χ2n) is 3.89. The Balaban J connectivity index is 2.46. The predicted octanol–water partition coefficient (Wildman–Crippen LogP) is 4.14. The Hall–Kier alpha value is -0.950. The summed E-state index contributed by atoms with van der Waals surface area (Å²) in [6, 6.07) is 9.27. The Bertz CT molecular complexity index is 746. The van der Waals surface area contributed by atoms with Crippen LogP contribution < -0.4 is 10.5 Å². The quantitative estimate of drug-likeness (QED) is 0.767. The highest BCUT2D eigenvalue weighted by Crippen LogP contribution is 2.32. The maximum Gasteiger partial charge on any atom is 0.265 e. The van der Waals surface area contributed by atoms with Crippen LogP contribution in [0.4, 0.5) is 11.4 Å². The lowest BCUT2D eigenvalue weighted by atomic mass is 10.3. The number of rotatable bonds is 3. The van der Waals surface area contributed by atoms with Gasteiger partial charge in [-0.25, -0.2) is 8.42 Å². The number of anilines is 2. The molecule has 106 valence electrons. The van der Waals surface area contributed by atoms with Crippen molar-refractivity contribution < 1.29 is 8.42 Å². The Morgan fingerprint density at radius 3 is 2.40 bits per heavy atom. The normalized spacial score (nSPS) is 11.3. The fourth-order valence-corrected chi connectivity index (χ4v) is 4.11. The molecule has 0 fully saturated rings. The van der Waals surface area contributed by atoms with Gasteiger partial charge in [-0.1, -0.05) is 45.2 Å². The second-order valence-corrected chi connectivity index (χ2v) is 7.24. The molecule has 0 radical (unpaired) electrons. The molecule has 0 saturated heterocycles. The van der Waals surface area contributed by atoms with E-state index in [2.05, 4.69) is 20.7 Å². The Morgan fingerprint density at radius 2 is 1.80 bits per heavy atom. The molecule has 0 aliphatic carbocycles. The van der Waals surface area contributed by atoms with Gasteiger partial charge in [-0.3, -0.25) is 4.72 Å². The van der Waals surface area contributed by atoms with Crippen molar-refractivity contribution in [1.29, 1.82) is 0 Å². The second kappa shape index (κ2) is 5.81. The molecular formula is C12H9BrCl2N2O2S. The minimum absolute atomic E-state index is 0.0470. The third-order valence-electron chi connectivity index (χ3n) is 2.44. The van der Waals surface area contributed by atoms with Crippen molar-refractivity contribution in [1.82, 2.24) is 0 Å². The number of hydrogen-bond donors (Lipinski definition) is 2. The highest BCUT2D eigenvalue weighted by Gasteiger charge is 2.22. The van der Waals surface area contributed by atoms with Gasteiger partial charge in [0, 0.05) is 4.47 Å². The van der Waals surface area contributed by atoms with E-state index >= 15 is 0 Å². The van der Waals surface area contributed by atoms with Gasteiger partial charge in [0.05, 0.1) is 21.4 Å². The number of nitrogens with two attached hydrogens (primary N) is 1. The van der Waals surface area contributed by atoms with Crippen molar-refractivity contribution in [2.75, 3.05) is 10.5 Å². The molecule has 2 aromatic carbocycles. The molecule has 0 aliphatic rings. The smallest absolute Gasteiger partial charge is 0.265 e. The molecule has 3 N–H and O–H groups in total. The first-order valence-electron chi connectivity index (χ1n) is 5.33. The lowest BCUT2D eigenvalue weighted by molar-refractivity contribution is 0.601. The van der Waals surface area contributed by atoms with Crippen LogP contribution in [0.2, 0.25) is 10.0 Å². The van der Waals surface area contributed by atoms with E-state index in [-0.39, 0.29) is 26.3 Å². The van der Waals surface area contributed by atoms with Crippen molar-refractivity contribution in [2.45, 2.75) is 4.90 Å². The van der Waals surface area contributed by atoms with Crippen molar-refractivity contribution in [2.24, 2.45) is 0 Å². The molecule has 20 heavy (non-hydrogen) atoms. The third kappa shape index (κ3) is 3.20. The first kappa shape index (κ1) is 15.4. The Morgan fingerprint density at radius 1 is 1.10 bits per heavy atom. The van der Waals surface area contributed by atoms with Crippen LogP contribution in [0.1, 0.15) is 0 Å². The van der Waals surface area contributed by atoms with Crippen molar-refractivity contribution in [3.8, 4) is 0 Å². The molecule has 0 aliphatic heterocycles. The summed E-state index contributed by atoms with van der Waals surface area (Å²) >= 11 is 15.1. The largest absolute Gasteiger partial charge is 0.398 e. The summed E-state index contributed by atoms with van der Waals surface area (Å²) < 4.78 is 27.8. The molecule has 2 rings (SSSR count). The molecule has 4 nitrogen and oxygen atoms in total. The number of benzene rings is 2. The third-order valence-corrected chi connectivity index (χ3v) is 5.16. The van der Waals surface area contributed by atoms with Crippen LogP contribution in [0.3, 0.4) is 0 Å². The first-order valence-corrected chi connectivity index (χ1v) is 8.36. The van der Waals surface area contributed by atoms with Gasteiger partial charge >= 0.3 is 0 Å². The topological polar surface area (TPSA) is 72.2 Å². The van der Waals surface area contributed by atoms with E-state index in [1.165, 1.54) is 18.2 Å². The minimum Gasteiger partial charge on any atom is -0.398 e. The van der Waals surface area contributed by atoms with E-state index in [0.717, 1.165) is 4.47 Å². The Kier molecular flexibility index (Phi) is 4.49. The van der Waals surface area contributed by atoms with Crippen molar-refractivity contribution in [3.63, 3.8) is 0 Å². The fraction of sp³-hybridized carbons (Fsp3) is 0. The van der Waals surface area contributed by atoms with Crippen LogP contribution in [-0.2, 0) is 10.0 Å². The van der Waals surface area contributed by atoms with Crippen molar-refractivity contribution >= 4 is 60.5 Å². The lowest BCUT2D eigenvalue weighted by Crippen LogP contribution is -2.15. The number of sulfonamides is 1. The summed E-state index contributed by atoms with van der Waals surface area (Å²) in [7, 11) is -3.92. The van der Waals surface area contributed by atoms with Gasteiger partial charge in [0.2, 0.25) is 0 Å². The van der Waals surface area contributed by atoms with Gasteiger partial charge in [-0.05, 0) is 30.3 Å². The average Bonchev–Trinajstić information content (AvgIpc) is 2.32. The van der Waals surface area contributed by atoms with E-state index in [1.54, 1.807) is 18.2 Å². The number of nitrogen functional groups attached to an aromatic ring is 1. The zero-order valence-corrected chi connectivity index (χ0v) is 13.8. The van der Waals surface area contributed by atoms with Crippen LogP contribution in [-0.4, -0.2) is 8.42 Å². The van der Waals surface area contributed by atoms with Crippen LogP contribution in [0.15, 0.2) is 45.8 Å². The molecule has 0 saturated carbocycles. The maximum absolute atomic E-state index is 12.3. The number of hydrogen-bond acceptors (Lipinski definition) is 3. The molecule has 0 atom stereocenters. The van der Waals surface area contributed by atoms with Crippen LogP contribution in [0.5, 0.6) is 0 Å². The molecule has 0 amide bonds. The zero-order chi connectivity index (χ0) is 14.9. The summed E-state index contributed by atoms with van der Waals surface area (Å²) in [5, 5.41) is 0.305. The van der Waals surface area contributed by atoms with Gasteiger partial charge in [-0.2, -0.15) is 0 Å². The highest BCUT2D eigenvalue weighted by molar-refractivity contribution is 9.10. The molecular weight excluding hydrogens is 387 g/mol. The van der Waals surface area contributed by atoms with E-state index in [4.69, 9.17) is 28.9 Å². The zero-order valence-electron chi connectivity index (χ0n) is 9.90. The summed E-state index contributed by atoms with van der Waals surface area (Å²) in [4.78, 5) is -0.166. The molecule has 0 aromatic heterocycles. The predicted molar refractivity (Wildman–Crippen MR) is 85.8 cm³/mol. The van der Waals surface area contributed by atoms with Gasteiger partial charge in [0.15, 0.2) is 0 Å². The van der Waals surface area contributed by atoms with Crippen molar-refractivity contribution in [3.05, 3.63) is 50.9 Å². The summed E-state index contributed by atoms with van der Waals surface area (Å²) in [5.74, 6) is 0. The van der Waals surface area contributed by atoms with Crippen LogP contribution in [0, 0.1) is 0 Å². The molecule has 0 spiro atoms. The molecule has 8 heteroatoms. The summed E-state index contributed by atoms with van der Waals surface area (Å²) in [6.07, 6.45) is 0. The number of halogens is 3. The van der Waals surface area contributed by atoms with E-state index < -0.39 is 10.0 Å². The maximum atomic E-state index is 12.3. The average molecular weight is 396 g/mol.